The van der Waals surface area contributed by atoms with Crippen LogP contribution in [0.4, 0.5) is 32.0 Å². The van der Waals surface area contributed by atoms with E-state index in [-0.39, 0.29) is 29.5 Å². The predicted octanol–water partition coefficient (Wildman–Crippen LogP) is 4.70. The van der Waals surface area contributed by atoms with Crippen LogP contribution in [-0.2, 0) is 23.6 Å². The van der Waals surface area contributed by atoms with Crippen molar-refractivity contribution in [3.05, 3.63) is 65.2 Å². The smallest absolute Gasteiger partial charge is 0.358 e. The van der Waals surface area contributed by atoms with E-state index in [2.05, 4.69) is 10.6 Å². The van der Waals surface area contributed by atoms with Gasteiger partial charge in [-0.05, 0) is 42.4 Å². The van der Waals surface area contributed by atoms with Crippen LogP contribution in [0, 0.1) is 0 Å². The van der Waals surface area contributed by atoms with Gasteiger partial charge in [0.1, 0.15) is 0 Å². The number of thiocarbonyl (C=S) groups is 1. The van der Waals surface area contributed by atoms with Crippen molar-refractivity contribution in [2.45, 2.75) is 37.3 Å². The number of carbonyl (C=O) groups is 1. The lowest BCUT2D eigenvalue weighted by Crippen LogP contribution is -2.52. The number of nitrogens with zero attached hydrogens (tertiary/aromatic N) is 2. The number of alkyl halides is 6. The van der Waals surface area contributed by atoms with E-state index >= 15 is 0 Å². The van der Waals surface area contributed by atoms with Gasteiger partial charge in [0, 0.05) is 26.2 Å². The van der Waals surface area contributed by atoms with E-state index in [1.165, 1.54) is 5.01 Å². The zero-order valence-electron chi connectivity index (χ0n) is 18.2. The number of halogens is 6. The van der Waals surface area contributed by atoms with Gasteiger partial charge in [-0.15, -0.1) is 0 Å². The highest BCUT2D eigenvalue weighted by Gasteiger charge is 2.39. The highest BCUT2D eigenvalue weighted by atomic mass is 32.1. The lowest BCUT2D eigenvalue weighted by atomic mass is 9.97. The maximum atomic E-state index is 13.2. The molecule has 0 saturated carbocycles. The first kappa shape index (κ1) is 25.8. The van der Waals surface area contributed by atoms with E-state index in [9.17, 15) is 31.1 Å². The molecule has 1 aliphatic heterocycles. The molecule has 2 aromatic carbocycles. The van der Waals surface area contributed by atoms with Gasteiger partial charge in [0.25, 0.3) is 0 Å². The Bertz CT molecular complexity index is 1010. The number of likely N-dealkylation sites (N-methyl/N-ethyl adjacent to an activating group) is 1. The summed E-state index contributed by atoms with van der Waals surface area (Å²) in [6, 6.07) is 9.61. The molecule has 3 rings (SSSR count). The number of hydrazine groups is 1. The van der Waals surface area contributed by atoms with Gasteiger partial charge in [0.05, 0.1) is 23.2 Å². The molecule has 5 nitrogen and oxygen atoms in total. The summed E-state index contributed by atoms with van der Waals surface area (Å²) in [5, 5.41) is 8.43. The number of hydrogen-bond donors (Lipinski definition) is 2. The Balaban J connectivity index is 1.85. The lowest BCUT2D eigenvalue weighted by Gasteiger charge is -2.32. The quantitative estimate of drug-likeness (QED) is 0.457. The van der Waals surface area contributed by atoms with Gasteiger partial charge in [-0.1, -0.05) is 30.3 Å². The zero-order valence-corrected chi connectivity index (χ0v) is 19.0. The maximum Gasteiger partial charge on any atom is 0.416 e. The Hall–Kier alpha value is -2.86. The van der Waals surface area contributed by atoms with Crippen LogP contribution in [0.2, 0.25) is 0 Å². The summed E-state index contributed by atoms with van der Waals surface area (Å²) >= 11 is 5.23. The third kappa shape index (κ3) is 6.17. The molecule has 0 aromatic heterocycles. The van der Waals surface area contributed by atoms with E-state index in [0.717, 1.165) is 5.56 Å². The van der Waals surface area contributed by atoms with E-state index in [0.29, 0.717) is 18.6 Å². The van der Waals surface area contributed by atoms with E-state index in [4.69, 9.17) is 12.2 Å². The third-order valence-electron chi connectivity index (χ3n) is 5.62. The molecule has 0 unspecified atom stereocenters. The summed E-state index contributed by atoms with van der Waals surface area (Å²) in [5.74, 6) is -0.126. The molecule has 1 heterocycles. The first-order valence-electron chi connectivity index (χ1n) is 10.2. The van der Waals surface area contributed by atoms with Gasteiger partial charge in [0.2, 0.25) is 5.91 Å². The third-order valence-corrected chi connectivity index (χ3v) is 5.84. The van der Waals surface area contributed by atoms with Crippen molar-refractivity contribution in [1.82, 2.24) is 15.3 Å². The number of carbonyl (C=O) groups excluding carboxylic acids is 1. The molecular weight excluding hydrogens is 482 g/mol. The highest BCUT2D eigenvalue weighted by Crippen LogP contribution is 2.37. The number of amides is 1. The Morgan fingerprint density at radius 2 is 1.59 bits per heavy atom. The molecule has 1 fully saturated rings. The van der Waals surface area contributed by atoms with Gasteiger partial charge in [-0.25, -0.2) is 5.01 Å². The van der Waals surface area contributed by atoms with Crippen molar-refractivity contribution in [3.8, 4) is 0 Å². The molecule has 184 valence electrons. The van der Waals surface area contributed by atoms with Crippen LogP contribution in [0.25, 0.3) is 0 Å². The molecule has 0 aliphatic carbocycles. The molecular formula is C22H22F6N4OS. The largest absolute Gasteiger partial charge is 0.416 e. The topological polar surface area (TPSA) is 47.6 Å². The summed E-state index contributed by atoms with van der Waals surface area (Å²) in [6.45, 7) is 0. The average Bonchev–Trinajstić information content (AvgIpc) is 3.00. The number of rotatable bonds is 5. The van der Waals surface area contributed by atoms with Crippen LogP contribution < -0.4 is 10.6 Å². The van der Waals surface area contributed by atoms with Crippen molar-refractivity contribution in [2.24, 2.45) is 0 Å². The number of hydrogen-bond acceptors (Lipinski definition) is 3. The fourth-order valence-electron chi connectivity index (χ4n) is 3.76. The maximum absolute atomic E-state index is 13.2. The van der Waals surface area contributed by atoms with Crippen LogP contribution in [-0.4, -0.2) is 47.2 Å². The Kier molecular flexibility index (Phi) is 7.41. The molecule has 1 amide bonds. The molecule has 0 bridgehead atoms. The van der Waals surface area contributed by atoms with E-state index in [1.54, 1.807) is 19.1 Å². The second-order valence-electron chi connectivity index (χ2n) is 7.95. The lowest BCUT2D eigenvalue weighted by molar-refractivity contribution is -0.143. The standard InChI is InChI=1S/C22H22F6N4OS/c1-31-18(12-19(33)32(31)2)17(8-13-6-4-3-5-7-13)30-20(34)29-16-10-14(21(23,24)25)9-15(11-16)22(26,27)28/h3-7,9-11,17-18H,8,12H2,1-2H3,(H2,29,30,34)/t17-,18+/m0/s1. The van der Waals surface area contributed by atoms with Crippen molar-refractivity contribution in [1.29, 1.82) is 0 Å². The minimum absolute atomic E-state index is 0.0504. The second kappa shape index (κ2) is 9.79. The zero-order chi connectivity index (χ0) is 25.3. The van der Waals surface area contributed by atoms with Gasteiger partial charge in [-0.3, -0.25) is 9.80 Å². The van der Waals surface area contributed by atoms with Crippen molar-refractivity contribution in [2.75, 3.05) is 19.4 Å². The minimum atomic E-state index is -4.97. The van der Waals surface area contributed by atoms with Crippen molar-refractivity contribution < 1.29 is 31.1 Å². The van der Waals surface area contributed by atoms with Crippen molar-refractivity contribution >= 4 is 28.9 Å². The SMILES string of the molecule is CN1C(=O)C[C@H]([C@H](Cc2ccccc2)NC(=S)Nc2cc(C(F)(F)F)cc(C(F)(F)F)c2)N1C. The molecule has 2 atom stereocenters. The van der Waals surface area contributed by atoms with Gasteiger partial charge in [0.15, 0.2) is 5.11 Å². The van der Waals surface area contributed by atoms with Crippen LogP contribution >= 0.6 is 12.2 Å². The second-order valence-corrected chi connectivity index (χ2v) is 8.36. The number of nitrogens with one attached hydrogen (secondary N) is 2. The Morgan fingerprint density at radius 3 is 2.06 bits per heavy atom. The van der Waals surface area contributed by atoms with Gasteiger partial charge >= 0.3 is 12.4 Å². The molecule has 1 aliphatic rings. The molecule has 2 aromatic rings. The van der Waals surface area contributed by atoms with Crippen molar-refractivity contribution in [3.63, 3.8) is 0 Å². The Morgan fingerprint density at radius 1 is 1.03 bits per heavy atom. The van der Waals surface area contributed by atoms with Gasteiger partial charge in [-0.2, -0.15) is 26.3 Å². The van der Waals surface area contributed by atoms with Gasteiger partial charge < -0.3 is 10.6 Å². The first-order chi connectivity index (χ1) is 15.8. The predicted molar refractivity (Wildman–Crippen MR) is 119 cm³/mol. The summed E-state index contributed by atoms with van der Waals surface area (Å²) < 4.78 is 79.0. The summed E-state index contributed by atoms with van der Waals surface area (Å²) in [6.07, 6.45) is -9.36. The minimum Gasteiger partial charge on any atom is -0.358 e. The highest BCUT2D eigenvalue weighted by molar-refractivity contribution is 7.80. The summed E-state index contributed by atoms with van der Waals surface area (Å²) in [7, 11) is 3.33. The molecule has 12 heteroatoms. The monoisotopic (exact) mass is 504 g/mol. The fourth-order valence-corrected chi connectivity index (χ4v) is 4.03. The summed E-state index contributed by atoms with van der Waals surface area (Å²) in [4.78, 5) is 12.2. The van der Waals surface area contributed by atoms with E-state index in [1.807, 2.05) is 30.3 Å². The van der Waals surface area contributed by atoms with Crippen LogP contribution in [0.5, 0.6) is 0 Å². The molecule has 2 N–H and O–H groups in total. The fraction of sp³-hybridized carbons (Fsp3) is 0.364. The average molecular weight is 505 g/mol. The van der Waals surface area contributed by atoms with E-state index < -0.39 is 35.2 Å². The summed E-state index contributed by atoms with van der Waals surface area (Å²) in [5.41, 5.74) is -2.44. The molecule has 0 radical (unpaired) electrons. The van der Waals surface area contributed by atoms with Crippen LogP contribution in [0.3, 0.4) is 0 Å². The molecule has 34 heavy (non-hydrogen) atoms. The molecule has 0 spiro atoms. The molecule has 1 saturated heterocycles. The number of anilines is 1. The normalized spacial score (nSPS) is 18.2. The van der Waals surface area contributed by atoms with Crippen LogP contribution in [0.1, 0.15) is 23.1 Å². The Labute approximate surface area is 197 Å². The first-order valence-corrected chi connectivity index (χ1v) is 10.6. The van der Waals surface area contributed by atoms with Crippen LogP contribution in [0.15, 0.2) is 48.5 Å². The number of benzene rings is 2.